The van der Waals surface area contributed by atoms with Crippen molar-refractivity contribution in [3.05, 3.63) is 66.0 Å². The van der Waals surface area contributed by atoms with Crippen molar-refractivity contribution in [3.63, 3.8) is 0 Å². The Bertz CT molecular complexity index is 820. The molecule has 0 unspecified atom stereocenters. The number of carbonyl (C=O) groups is 1. The number of morpholine rings is 1. The predicted octanol–water partition coefficient (Wildman–Crippen LogP) is 4.32. The van der Waals surface area contributed by atoms with Crippen LogP contribution in [0, 0.1) is 0 Å². The fourth-order valence-electron chi connectivity index (χ4n) is 2.90. The molecule has 156 valence electrons. The van der Waals surface area contributed by atoms with Gasteiger partial charge >= 0.3 is 0 Å². The molecule has 0 N–H and O–H groups in total. The molecule has 1 aliphatic heterocycles. The molecule has 29 heavy (non-hydrogen) atoms. The Labute approximate surface area is 171 Å². The summed E-state index contributed by atoms with van der Waals surface area (Å²) in [5.41, 5.74) is 1.82. The maximum atomic E-state index is 13.8. The number of nitrogens with zero attached hydrogens (tertiary/aromatic N) is 1. The molecule has 1 fully saturated rings. The predicted molar refractivity (Wildman–Crippen MR) is 113 cm³/mol. The molecule has 0 spiro atoms. The highest BCUT2D eigenvalue weighted by atomic mass is 19.1. The van der Waals surface area contributed by atoms with E-state index in [1.54, 1.807) is 37.3 Å². The summed E-state index contributed by atoms with van der Waals surface area (Å²) in [7, 11) is 3.10. The van der Waals surface area contributed by atoms with E-state index in [0.29, 0.717) is 55.4 Å². The SMILES string of the molecule is C=C(C=CC(F)=CCC)C(=CC(=O)N1CCOCC1)c1ccc(OC)c(OC)c1. The number of carbonyl (C=O) groups excluding carboxylic acids is 1. The maximum absolute atomic E-state index is 13.8. The molecule has 0 saturated carbocycles. The first-order valence-corrected chi connectivity index (χ1v) is 9.53. The lowest BCUT2D eigenvalue weighted by Gasteiger charge is -2.26. The standard InChI is InChI=1S/C23H28FNO4/c1-5-6-19(24)9-7-17(2)20(16-23(26)25-11-13-29-14-12-25)18-8-10-21(27-3)22(15-18)28-4/h6-10,15-16H,2,5,11-14H2,1,3-4H3. The van der Waals surface area contributed by atoms with Crippen LogP contribution in [0.4, 0.5) is 4.39 Å². The molecule has 5 nitrogen and oxygen atoms in total. The Balaban J connectivity index is 2.42. The maximum Gasteiger partial charge on any atom is 0.247 e. The van der Waals surface area contributed by atoms with Crippen molar-refractivity contribution >= 4 is 11.5 Å². The van der Waals surface area contributed by atoms with Gasteiger partial charge in [-0.1, -0.05) is 25.6 Å². The average molecular weight is 401 g/mol. The largest absolute Gasteiger partial charge is 0.493 e. The van der Waals surface area contributed by atoms with Crippen LogP contribution in [0.3, 0.4) is 0 Å². The van der Waals surface area contributed by atoms with Gasteiger partial charge in [0.25, 0.3) is 0 Å². The zero-order chi connectivity index (χ0) is 21.2. The molecule has 0 bridgehead atoms. The molecular weight excluding hydrogens is 373 g/mol. The van der Waals surface area contributed by atoms with Crippen LogP contribution in [0.25, 0.3) is 5.57 Å². The molecule has 1 aromatic rings. The smallest absolute Gasteiger partial charge is 0.247 e. The number of hydrogen-bond donors (Lipinski definition) is 0. The van der Waals surface area contributed by atoms with Crippen molar-refractivity contribution in [1.82, 2.24) is 4.90 Å². The zero-order valence-corrected chi connectivity index (χ0v) is 17.2. The highest BCUT2D eigenvalue weighted by molar-refractivity contribution is 5.99. The fourth-order valence-corrected chi connectivity index (χ4v) is 2.90. The molecule has 1 heterocycles. The summed E-state index contributed by atoms with van der Waals surface area (Å²) in [5, 5.41) is 0. The first-order valence-electron chi connectivity index (χ1n) is 9.53. The molecule has 0 atom stereocenters. The van der Waals surface area contributed by atoms with E-state index in [2.05, 4.69) is 6.58 Å². The molecule has 0 aliphatic carbocycles. The van der Waals surface area contributed by atoms with Gasteiger partial charge in [-0.25, -0.2) is 4.39 Å². The van der Waals surface area contributed by atoms with E-state index in [1.807, 2.05) is 13.0 Å². The topological polar surface area (TPSA) is 48.0 Å². The summed E-state index contributed by atoms with van der Waals surface area (Å²) in [6, 6.07) is 5.35. The Morgan fingerprint density at radius 1 is 1.21 bits per heavy atom. The average Bonchev–Trinajstić information content (AvgIpc) is 2.76. The number of halogens is 1. The van der Waals surface area contributed by atoms with Crippen LogP contribution in [0.15, 0.2) is 60.5 Å². The van der Waals surface area contributed by atoms with E-state index < -0.39 is 0 Å². The van der Waals surface area contributed by atoms with E-state index in [4.69, 9.17) is 14.2 Å². The number of benzene rings is 1. The normalized spacial score (nSPS) is 15.5. The number of rotatable bonds is 8. The Morgan fingerprint density at radius 2 is 1.90 bits per heavy atom. The Kier molecular flexibility index (Phi) is 8.68. The van der Waals surface area contributed by atoms with Gasteiger partial charge in [0.15, 0.2) is 11.5 Å². The summed E-state index contributed by atoms with van der Waals surface area (Å²) in [4.78, 5) is 14.5. The van der Waals surface area contributed by atoms with Crippen LogP contribution in [-0.2, 0) is 9.53 Å². The van der Waals surface area contributed by atoms with Gasteiger partial charge in [-0.3, -0.25) is 4.79 Å². The third kappa shape index (κ3) is 6.32. The van der Waals surface area contributed by atoms with E-state index in [0.717, 1.165) is 5.56 Å². The van der Waals surface area contributed by atoms with Crippen LogP contribution in [0.5, 0.6) is 11.5 Å². The second kappa shape index (κ2) is 11.2. The molecule has 2 rings (SSSR count). The zero-order valence-electron chi connectivity index (χ0n) is 17.2. The van der Waals surface area contributed by atoms with Crippen molar-refractivity contribution in [2.45, 2.75) is 13.3 Å². The van der Waals surface area contributed by atoms with Gasteiger partial charge in [0.1, 0.15) is 5.83 Å². The molecule has 1 saturated heterocycles. The van der Waals surface area contributed by atoms with Gasteiger partial charge in [0.2, 0.25) is 5.91 Å². The molecule has 0 aromatic heterocycles. The Morgan fingerprint density at radius 3 is 2.52 bits per heavy atom. The van der Waals surface area contributed by atoms with Crippen LogP contribution < -0.4 is 9.47 Å². The third-order valence-electron chi connectivity index (χ3n) is 4.47. The van der Waals surface area contributed by atoms with Gasteiger partial charge in [0.05, 0.1) is 27.4 Å². The molecule has 1 aromatic carbocycles. The second-order valence-electron chi connectivity index (χ2n) is 6.42. The lowest BCUT2D eigenvalue weighted by Crippen LogP contribution is -2.39. The fraction of sp³-hybridized carbons (Fsp3) is 0.348. The lowest BCUT2D eigenvalue weighted by atomic mass is 9.97. The number of ether oxygens (including phenoxy) is 3. The summed E-state index contributed by atoms with van der Waals surface area (Å²) >= 11 is 0. The van der Waals surface area contributed by atoms with Crippen molar-refractivity contribution in [2.24, 2.45) is 0 Å². The first kappa shape index (κ1) is 22.4. The Hall–Kier alpha value is -2.86. The van der Waals surface area contributed by atoms with Gasteiger partial charge in [-0.05, 0) is 47.4 Å². The highest BCUT2D eigenvalue weighted by Crippen LogP contribution is 2.33. The van der Waals surface area contributed by atoms with E-state index >= 15 is 0 Å². The van der Waals surface area contributed by atoms with E-state index in [-0.39, 0.29) is 11.7 Å². The van der Waals surface area contributed by atoms with Crippen LogP contribution in [-0.4, -0.2) is 51.3 Å². The first-order chi connectivity index (χ1) is 14.0. The monoisotopic (exact) mass is 401 g/mol. The van der Waals surface area contributed by atoms with Crippen molar-refractivity contribution in [3.8, 4) is 11.5 Å². The quantitative estimate of drug-likeness (QED) is 0.481. The van der Waals surface area contributed by atoms with Gasteiger partial charge in [-0.15, -0.1) is 0 Å². The summed E-state index contributed by atoms with van der Waals surface area (Å²) in [6.45, 7) is 7.99. The van der Waals surface area contributed by atoms with Crippen molar-refractivity contribution < 1.29 is 23.4 Å². The van der Waals surface area contributed by atoms with E-state index in [1.165, 1.54) is 18.2 Å². The summed E-state index contributed by atoms with van der Waals surface area (Å²) < 4.78 is 29.8. The van der Waals surface area contributed by atoms with Gasteiger partial charge in [-0.2, -0.15) is 0 Å². The van der Waals surface area contributed by atoms with Gasteiger partial charge in [0, 0.05) is 19.2 Å². The number of amides is 1. The number of hydrogen-bond acceptors (Lipinski definition) is 4. The molecule has 1 aliphatic rings. The van der Waals surface area contributed by atoms with Crippen molar-refractivity contribution in [2.75, 3.05) is 40.5 Å². The van der Waals surface area contributed by atoms with E-state index in [9.17, 15) is 9.18 Å². The minimum absolute atomic E-state index is 0.141. The molecule has 6 heteroatoms. The van der Waals surface area contributed by atoms with Crippen molar-refractivity contribution in [1.29, 1.82) is 0 Å². The van der Waals surface area contributed by atoms with Crippen LogP contribution in [0.1, 0.15) is 18.9 Å². The lowest BCUT2D eigenvalue weighted by molar-refractivity contribution is -0.129. The van der Waals surface area contributed by atoms with Gasteiger partial charge < -0.3 is 19.1 Å². The second-order valence-corrected chi connectivity index (χ2v) is 6.42. The number of methoxy groups -OCH3 is 2. The minimum atomic E-state index is -0.347. The minimum Gasteiger partial charge on any atom is -0.493 e. The molecular formula is C23H28FNO4. The summed E-state index contributed by atoms with van der Waals surface area (Å²) in [5.74, 6) is 0.619. The van der Waals surface area contributed by atoms with Crippen LogP contribution in [0.2, 0.25) is 0 Å². The van der Waals surface area contributed by atoms with Crippen LogP contribution >= 0.6 is 0 Å². The highest BCUT2D eigenvalue weighted by Gasteiger charge is 2.17. The summed E-state index contributed by atoms with van der Waals surface area (Å²) in [6.07, 6.45) is 6.51. The number of allylic oxidation sites excluding steroid dienone is 6. The third-order valence-corrected chi connectivity index (χ3v) is 4.47. The molecule has 1 amide bonds. The molecule has 0 radical (unpaired) electrons.